The molecule has 0 aliphatic carbocycles. The molecule has 6 nitrogen and oxygen atoms in total. The van der Waals surface area contributed by atoms with E-state index in [2.05, 4.69) is 15.9 Å². The zero-order valence-corrected chi connectivity index (χ0v) is 14.3. The highest BCUT2D eigenvalue weighted by Crippen LogP contribution is 2.39. The Labute approximate surface area is 146 Å². The van der Waals surface area contributed by atoms with Crippen molar-refractivity contribution in [2.24, 2.45) is 0 Å². The van der Waals surface area contributed by atoms with Crippen LogP contribution >= 0.6 is 15.9 Å². The maximum absolute atomic E-state index is 12.5. The van der Waals surface area contributed by atoms with Gasteiger partial charge in [0.05, 0.1) is 22.7 Å². The van der Waals surface area contributed by atoms with Crippen LogP contribution in [0.3, 0.4) is 0 Å². The summed E-state index contributed by atoms with van der Waals surface area (Å²) in [5.74, 6) is 0.751. The molecule has 0 unspecified atom stereocenters. The molecule has 1 aliphatic heterocycles. The molecule has 7 heteroatoms. The molecule has 0 saturated heterocycles. The van der Waals surface area contributed by atoms with Crippen LogP contribution in [-0.4, -0.2) is 19.4 Å². The van der Waals surface area contributed by atoms with Crippen LogP contribution < -0.4 is 18.9 Å². The predicted molar refractivity (Wildman–Crippen MR) is 87.5 cm³/mol. The molecule has 0 atom stereocenters. The first-order chi connectivity index (χ1) is 11.6. The molecule has 2 aromatic rings. The summed E-state index contributed by atoms with van der Waals surface area (Å²) >= 11 is 3.31. The molecule has 24 heavy (non-hydrogen) atoms. The van der Waals surface area contributed by atoms with E-state index in [0.29, 0.717) is 33.9 Å². The van der Waals surface area contributed by atoms with E-state index in [1.165, 1.54) is 6.07 Å². The average Bonchev–Trinajstić information content (AvgIpc) is 3.06. The number of nitriles is 1. The molecule has 0 spiro atoms. The van der Waals surface area contributed by atoms with Gasteiger partial charge in [-0.1, -0.05) is 6.07 Å². The number of hydrogen-bond donors (Lipinski definition) is 0. The fourth-order valence-corrected chi connectivity index (χ4v) is 2.76. The third kappa shape index (κ3) is 3.01. The molecular formula is C17H12BrNO5. The molecule has 0 radical (unpaired) electrons. The molecule has 1 heterocycles. The van der Waals surface area contributed by atoms with Crippen LogP contribution in [0.25, 0.3) is 0 Å². The van der Waals surface area contributed by atoms with Crippen LogP contribution in [0.2, 0.25) is 0 Å². The first kappa shape index (κ1) is 16.1. The molecule has 122 valence electrons. The monoisotopic (exact) mass is 389 g/mol. The summed E-state index contributed by atoms with van der Waals surface area (Å²) < 4.78 is 22.0. The summed E-state index contributed by atoms with van der Waals surface area (Å²) in [6.07, 6.45) is 0. The zero-order valence-electron chi connectivity index (χ0n) is 12.7. The number of esters is 1. The van der Waals surface area contributed by atoms with Gasteiger partial charge in [-0.2, -0.15) is 5.26 Å². The minimum atomic E-state index is -0.608. The smallest absolute Gasteiger partial charge is 0.347 e. The van der Waals surface area contributed by atoms with E-state index in [9.17, 15) is 4.79 Å². The van der Waals surface area contributed by atoms with Crippen LogP contribution in [0.1, 0.15) is 22.8 Å². The van der Waals surface area contributed by atoms with Crippen molar-refractivity contribution in [2.45, 2.75) is 6.92 Å². The van der Waals surface area contributed by atoms with Gasteiger partial charge in [0.25, 0.3) is 0 Å². The summed E-state index contributed by atoms with van der Waals surface area (Å²) in [4.78, 5) is 12.5. The van der Waals surface area contributed by atoms with E-state index in [1.54, 1.807) is 31.2 Å². The second kappa shape index (κ2) is 6.81. The third-order valence-electron chi connectivity index (χ3n) is 3.25. The number of nitrogens with zero attached hydrogens (tertiary/aromatic N) is 1. The standard InChI is InChI=1S/C17H12BrNO5/c1-2-21-14-7-10(8-19)6-12(18)16(14)24-17(20)11-4-3-5-13-15(11)23-9-22-13/h3-7H,2,9H2,1H3. The molecule has 1 aliphatic rings. The van der Waals surface area contributed by atoms with Crippen LogP contribution in [0, 0.1) is 11.3 Å². The highest BCUT2D eigenvalue weighted by molar-refractivity contribution is 9.10. The van der Waals surface area contributed by atoms with Crippen LogP contribution in [0.4, 0.5) is 0 Å². The molecule has 0 bridgehead atoms. The number of carbonyl (C=O) groups is 1. The maximum atomic E-state index is 12.5. The fraction of sp³-hybridized carbons (Fsp3) is 0.176. The lowest BCUT2D eigenvalue weighted by molar-refractivity contribution is 0.0722. The molecule has 0 aromatic heterocycles. The Morgan fingerprint density at radius 2 is 2.21 bits per heavy atom. The molecule has 2 aromatic carbocycles. The normalized spacial score (nSPS) is 11.7. The van der Waals surface area contributed by atoms with E-state index in [4.69, 9.17) is 24.2 Å². The lowest BCUT2D eigenvalue weighted by Crippen LogP contribution is -2.11. The first-order valence-electron chi connectivity index (χ1n) is 7.11. The Morgan fingerprint density at radius 3 is 2.96 bits per heavy atom. The number of rotatable bonds is 4. The lowest BCUT2D eigenvalue weighted by Gasteiger charge is -2.13. The number of ether oxygens (including phenoxy) is 4. The summed E-state index contributed by atoms with van der Waals surface area (Å²) in [5.41, 5.74) is 0.645. The van der Waals surface area contributed by atoms with Crippen molar-refractivity contribution in [2.75, 3.05) is 13.4 Å². The summed E-state index contributed by atoms with van der Waals surface area (Å²) in [7, 11) is 0. The van der Waals surface area contributed by atoms with Gasteiger partial charge in [0, 0.05) is 6.07 Å². The molecule has 0 fully saturated rings. The fourth-order valence-electron chi connectivity index (χ4n) is 2.23. The van der Waals surface area contributed by atoms with Gasteiger partial charge in [-0.25, -0.2) is 4.79 Å². The Kier molecular flexibility index (Phi) is 4.58. The van der Waals surface area contributed by atoms with Gasteiger partial charge >= 0.3 is 5.97 Å². The number of halogens is 1. The topological polar surface area (TPSA) is 77.8 Å². The van der Waals surface area contributed by atoms with Gasteiger partial charge in [0.15, 0.2) is 23.0 Å². The highest BCUT2D eigenvalue weighted by Gasteiger charge is 2.25. The summed E-state index contributed by atoms with van der Waals surface area (Å²) in [6.45, 7) is 2.22. The van der Waals surface area contributed by atoms with Gasteiger partial charge < -0.3 is 18.9 Å². The number of fused-ring (bicyclic) bond motifs is 1. The quantitative estimate of drug-likeness (QED) is 0.586. The maximum Gasteiger partial charge on any atom is 0.347 e. The van der Waals surface area contributed by atoms with Gasteiger partial charge in [-0.15, -0.1) is 0 Å². The van der Waals surface area contributed by atoms with E-state index in [1.807, 2.05) is 6.07 Å². The van der Waals surface area contributed by atoms with Crippen molar-refractivity contribution >= 4 is 21.9 Å². The lowest BCUT2D eigenvalue weighted by atomic mass is 10.2. The molecule has 0 saturated carbocycles. The Bertz CT molecular complexity index is 844. The zero-order chi connectivity index (χ0) is 17.1. The van der Waals surface area contributed by atoms with Gasteiger partial charge in [-0.3, -0.25) is 0 Å². The average molecular weight is 390 g/mol. The van der Waals surface area contributed by atoms with Crippen molar-refractivity contribution in [1.82, 2.24) is 0 Å². The van der Waals surface area contributed by atoms with Gasteiger partial charge in [0.1, 0.15) is 5.56 Å². The minimum absolute atomic E-state index is 0.0599. The second-order valence-corrected chi connectivity index (χ2v) is 5.61. The summed E-state index contributed by atoms with van der Waals surface area (Å²) in [6, 6.07) is 10.1. The molecule has 0 amide bonds. The van der Waals surface area contributed by atoms with E-state index >= 15 is 0 Å². The van der Waals surface area contributed by atoms with E-state index in [0.717, 1.165) is 0 Å². The van der Waals surface area contributed by atoms with Crippen LogP contribution in [0.15, 0.2) is 34.8 Å². The van der Waals surface area contributed by atoms with Gasteiger partial charge in [0.2, 0.25) is 6.79 Å². The SMILES string of the molecule is CCOc1cc(C#N)cc(Br)c1OC(=O)c1cccc2c1OCO2. The van der Waals surface area contributed by atoms with Crippen molar-refractivity contribution in [3.8, 4) is 29.1 Å². The minimum Gasteiger partial charge on any atom is -0.490 e. The largest absolute Gasteiger partial charge is 0.490 e. The van der Waals surface area contributed by atoms with Gasteiger partial charge in [-0.05, 0) is 41.1 Å². The molecular weight excluding hydrogens is 378 g/mol. The van der Waals surface area contributed by atoms with Crippen molar-refractivity contribution in [1.29, 1.82) is 5.26 Å². The van der Waals surface area contributed by atoms with E-state index in [-0.39, 0.29) is 18.1 Å². The van der Waals surface area contributed by atoms with Crippen LogP contribution in [0.5, 0.6) is 23.0 Å². The number of para-hydroxylation sites is 1. The first-order valence-corrected chi connectivity index (χ1v) is 7.90. The Balaban J connectivity index is 1.95. The van der Waals surface area contributed by atoms with Crippen molar-refractivity contribution in [3.05, 3.63) is 45.9 Å². The van der Waals surface area contributed by atoms with E-state index < -0.39 is 5.97 Å². The summed E-state index contributed by atoms with van der Waals surface area (Å²) in [5, 5.41) is 9.05. The van der Waals surface area contributed by atoms with Crippen molar-refractivity contribution < 1.29 is 23.7 Å². The number of carbonyl (C=O) groups excluding carboxylic acids is 1. The second-order valence-electron chi connectivity index (χ2n) is 4.76. The van der Waals surface area contributed by atoms with Crippen molar-refractivity contribution in [3.63, 3.8) is 0 Å². The molecule has 0 N–H and O–H groups in total. The highest BCUT2D eigenvalue weighted by atomic mass is 79.9. The Hall–Kier alpha value is -2.72. The van der Waals surface area contributed by atoms with Crippen LogP contribution in [-0.2, 0) is 0 Å². The number of benzene rings is 2. The Morgan fingerprint density at radius 1 is 1.38 bits per heavy atom. The predicted octanol–water partition coefficient (Wildman–Crippen LogP) is 3.67. The third-order valence-corrected chi connectivity index (χ3v) is 3.84. The number of hydrogen-bond acceptors (Lipinski definition) is 6. The molecule has 3 rings (SSSR count).